The maximum Gasteiger partial charge on any atom is 0.416 e. The third-order valence-electron chi connectivity index (χ3n) is 5.65. The Bertz CT molecular complexity index is 1410. The van der Waals surface area contributed by atoms with Crippen LogP contribution in [-0.2, 0) is 6.18 Å². The normalized spacial score (nSPS) is 13.3. The Morgan fingerprint density at radius 2 is 1.89 bits per heavy atom. The number of aryl methyl sites for hydroxylation is 1. The number of amides is 1. The van der Waals surface area contributed by atoms with Gasteiger partial charge < -0.3 is 16.0 Å². The number of halogens is 3. The Hall–Kier alpha value is -4.41. The van der Waals surface area contributed by atoms with Gasteiger partial charge in [-0.3, -0.25) is 4.79 Å². The predicted molar refractivity (Wildman–Crippen MR) is 130 cm³/mol. The van der Waals surface area contributed by atoms with Crippen LogP contribution in [0.15, 0.2) is 67.1 Å². The molecule has 1 fully saturated rings. The van der Waals surface area contributed by atoms with E-state index in [-0.39, 0.29) is 5.56 Å². The van der Waals surface area contributed by atoms with Gasteiger partial charge in [0, 0.05) is 35.1 Å². The molecule has 36 heavy (non-hydrogen) atoms. The molecule has 2 aromatic carbocycles. The highest BCUT2D eigenvalue weighted by Crippen LogP contribution is 2.30. The van der Waals surface area contributed by atoms with E-state index in [9.17, 15) is 18.0 Å². The number of benzene rings is 2. The average molecular weight is 493 g/mol. The number of carbonyl (C=O) groups is 1. The molecule has 0 radical (unpaired) electrons. The number of nitrogens with zero attached hydrogens (tertiary/aromatic N) is 4. The molecule has 0 saturated heterocycles. The summed E-state index contributed by atoms with van der Waals surface area (Å²) in [5.74, 6) is 1.29. The van der Waals surface area contributed by atoms with Crippen molar-refractivity contribution in [3.63, 3.8) is 0 Å². The van der Waals surface area contributed by atoms with E-state index in [1.165, 1.54) is 18.5 Å². The SMILES string of the molecule is Cc1ccc(NC(=O)c2cccc(C(F)(F)F)c2)cc1Nc1ccnn1-c1cc(NC2CC2)ncn1. The Labute approximate surface area is 204 Å². The van der Waals surface area contributed by atoms with E-state index in [0.29, 0.717) is 29.1 Å². The smallest absolute Gasteiger partial charge is 0.367 e. The highest BCUT2D eigenvalue weighted by Gasteiger charge is 2.31. The molecule has 0 aliphatic heterocycles. The number of carbonyl (C=O) groups excluding carboxylic acids is 1. The molecule has 3 N–H and O–H groups in total. The lowest BCUT2D eigenvalue weighted by molar-refractivity contribution is -0.137. The Morgan fingerprint density at radius 3 is 2.67 bits per heavy atom. The van der Waals surface area contributed by atoms with Gasteiger partial charge in [0.15, 0.2) is 5.82 Å². The quantitative estimate of drug-likeness (QED) is 0.312. The maximum atomic E-state index is 13.0. The second-order valence-corrected chi connectivity index (χ2v) is 8.50. The van der Waals surface area contributed by atoms with Gasteiger partial charge in [0.1, 0.15) is 18.0 Å². The summed E-state index contributed by atoms with van der Waals surface area (Å²) in [5, 5.41) is 13.7. The van der Waals surface area contributed by atoms with Crippen LogP contribution in [0.5, 0.6) is 0 Å². The standard InChI is InChI=1S/C25H22F3N7O/c1-15-5-6-19(33-24(36)16-3-2-4-17(11-16)25(26,27)28)12-20(15)34-22-9-10-31-35(22)23-13-21(29-14-30-23)32-18-7-8-18/h2-6,9-14,18,34H,7-8H2,1H3,(H,33,36)(H,29,30,32). The van der Waals surface area contributed by atoms with Crippen molar-refractivity contribution in [2.24, 2.45) is 0 Å². The minimum absolute atomic E-state index is 0.0858. The van der Waals surface area contributed by atoms with Crippen LogP contribution in [0.2, 0.25) is 0 Å². The van der Waals surface area contributed by atoms with E-state index >= 15 is 0 Å². The van der Waals surface area contributed by atoms with Gasteiger partial charge in [0.2, 0.25) is 0 Å². The van der Waals surface area contributed by atoms with Crippen LogP contribution in [0, 0.1) is 6.92 Å². The van der Waals surface area contributed by atoms with E-state index in [1.54, 1.807) is 35.1 Å². The highest BCUT2D eigenvalue weighted by molar-refractivity contribution is 6.04. The zero-order valence-electron chi connectivity index (χ0n) is 19.2. The number of hydrogen-bond donors (Lipinski definition) is 3. The first-order valence-corrected chi connectivity index (χ1v) is 11.3. The molecule has 1 aliphatic rings. The lowest BCUT2D eigenvalue weighted by atomic mass is 10.1. The van der Waals surface area contributed by atoms with Crippen molar-refractivity contribution >= 4 is 28.9 Å². The predicted octanol–water partition coefficient (Wildman–Crippen LogP) is 5.56. The number of rotatable bonds is 7. The second-order valence-electron chi connectivity index (χ2n) is 8.50. The van der Waals surface area contributed by atoms with Crippen molar-refractivity contribution in [1.82, 2.24) is 19.7 Å². The van der Waals surface area contributed by atoms with Gasteiger partial charge in [-0.15, -0.1) is 0 Å². The molecule has 0 atom stereocenters. The molecule has 5 rings (SSSR count). The zero-order chi connectivity index (χ0) is 25.3. The molecule has 184 valence electrons. The summed E-state index contributed by atoms with van der Waals surface area (Å²) >= 11 is 0. The summed E-state index contributed by atoms with van der Waals surface area (Å²) in [7, 11) is 0. The molecule has 2 aromatic heterocycles. The van der Waals surface area contributed by atoms with Crippen molar-refractivity contribution in [2.75, 3.05) is 16.0 Å². The van der Waals surface area contributed by atoms with E-state index in [1.807, 2.05) is 13.0 Å². The first kappa shape index (κ1) is 23.3. The molecule has 4 aromatic rings. The average Bonchev–Trinajstić information content (AvgIpc) is 3.55. The van der Waals surface area contributed by atoms with Crippen LogP contribution in [0.3, 0.4) is 0 Å². The summed E-state index contributed by atoms with van der Waals surface area (Å²) in [6.45, 7) is 1.89. The lowest BCUT2D eigenvalue weighted by Crippen LogP contribution is -2.14. The van der Waals surface area contributed by atoms with Crippen molar-refractivity contribution in [1.29, 1.82) is 0 Å². The molecule has 11 heteroatoms. The van der Waals surface area contributed by atoms with Gasteiger partial charge in [-0.1, -0.05) is 12.1 Å². The largest absolute Gasteiger partial charge is 0.416 e. The minimum atomic E-state index is -4.53. The fourth-order valence-corrected chi connectivity index (χ4v) is 3.57. The van der Waals surface area contributed by atoms with E-state index in [0.717, 1.165) is 36.4 Å². The third kappa shape index (κ3) is 5.29. The Kier molecular flexibility index (Phi) is 6.05. The molecule has 1 amide bonds. The summed E-state index contributed by atoms with van der Waals surface area (Å²) < 4.78 is 40.7. The topological polar surface area (TPSA) is 96.8 Å². The zero-order valence-corrected chi connectivity index (χ0v) is 19.2. The van der Waals surface area contributed by atoms with Crippen molar-refractivity contribution in [3.05, 3.63) is 83.8 Å². The Morgan fingerprint density at radius 1 is 1.06 bits per heavy atom. The van der Waals surface area contributed by atoms with Crippen LogP contribution in [0.4, 0.5) is 36.2 Å². The van der Waals surface area contributed by atoms with E-state index < -0.39 is 17.6 Å². The van der Waals surface area contributed by atoms with Crippen molar-refractivity contribution in [2.45, 2.75) is 32.0 Å². The van der Waals surface area contributed by atoms with Gasteiger partial charge in [0.05, 0.1) is 11.8 Å². The number of alkyl halides is 3. The number of nitrogens with one attached hydrogen (secondary N) is 3. The molecule has 1 saturated carbocycles. The van der Waals surface area contributed by atoms with Gasteiger partial charge in [0.25, 0.3) is 5.91 Å². The number of anilines is 4. The third-order valence-corrected chi connectivity index (χ3v) is 5.65. The minimum Gasteiger partial charge on any atom is -0.367 e. The first-order valence-electron chi connectivity index (χ1n) is 11.3. The lowest BCUT2D eigenvalue weighted by Gasteiger charge is -2.14. The fourth-order valence-electron chi connectivity index (χ4n) is 3.57. The van der Waals surface area contributed by atoms with Crippen LogP contribution >= 0.6 is 0 Å². The van der Waals surface area contributed by atoms with Crippen LogP contribution in [-0.4, -0.2) is 31.7 Å². The molecule has 2 heterocycles. The number of hydrogen-bond acceptors (Lipinski definition) is 6. The summed E-state index contributed by atoms with van der Waals surface area (Å²) in [4.78, 5) is 21.2. The maximum absolute atomic E-state index is 13.0. The van der Waals surface area contributed by atoms with Gasteiger partial charge in [-0.25, -0.2) is 9.97 Å². The summed E-state index contributed by atoms with van der Waals surface area (Å²) in [5.41, 5.74) is 1.03. The molecular formula is C25H22F3N7O. The van der Waals surface area contributed by atoms with E-state index in [4.69, 9.17) is 0 Å². The first-order chi connectivity index (χ1) is 17.3. The van der Waals surface area contributed by atoms with Crippen LogP contribution < -0.4 is 16.0 Å². The molecule has 0 unspecified atom stereocenters. The summed E-state index contributed by atoms with van der Waals surface area (Å²) in [6.07, 6.45) is 0.813. The van der Waals surface area contributed by atoms with Crippen molar-refractivity contribution < 1.29 is 18.0 Å². The van der Waals surface area contributed by atoms with Crippen LogP contribution in [0.25, 0.3) is 5.82 Å². The van der Waals surface area contributed by atoms with Gasteiger partial charge in [-0.05, 0) is 55.7 Å². The van der Waals surface area contributed by atoms with Crippen molar-refractivity contribution in [3.8, 4) is 5.82 Å². The molecule has 0 bridgehead atoms. The van der Waals surface area contributed by atoms with Gasteiger partial charge >= 0.3 is 6.18 Å². The number of aromatic nitrogens is 4. The molecule has 1 aliphatic carbocycles. The molecule has 8 nitrogen and oxygen atoms in total. The molecule has 0 spiro atoms. The van der Waals surface area contributed by atoms with Crippen LogP contribution in [0.1, 0.15) is 34.3 Å². The summed E-state index contributed by atoms with van der Waals surface area (Å²) in [6, 6.07) is 13.5. The van der Waals surface area contributed by atoms with E-state index in [2.05, 4.69) is 31.0 Å². The molecular weight excluding hydrogens is 471 g/mol. The Balaban J connectivity index is 1.35. The second kappa shape index (κ2) is 9.33. The highest BCUT2D eigenvalue weighted by atomic mass is 19.4. The van der Waals surface area contributed by atoms with Gasteiger partial charge in [-0.2, -0.15) is 23.0 Å². The fraction of sp³-hybridized carbons (Fsp3) is 0.200. The monoisotopic (exact) mass is 493 g/mol.